The number of unbranched alkanes of at least 4 members (excludes halogenated alkanes) is 1. The third kappa shape index (κ3) is 6.97. The Kier molecular flexibility index (Phi) is 9.56. The average Bonchev–Trinajstić information content (AvgIpc) is 3.60. The molecule has 0 radical (unpaired) electrons. The third-order valence-electron chi connectivity index (χ3n) is 6.89. The van der Waals surface area contributed by atoms with Crippen LogP contribution in [0.1, 0.15) is 70.9 Å². The number of amides is 2. The molecule has 0 aliphatic heterocycles. The first-order chi connectivity index (χ1) is 18.8. The van der Waals surface area contributed by atoms with Crippen LogP contribution in [-0.4, -0.2) is 59.7 Å². The monoisotopic (exact) mass is 566 g/mol. The van der Waals surface area contributed by atoms with Gasteiger partial charge in [-0.25, -0.2) is 4.79 Å². The fourth-order valence-electron chi connectivity index (χ4n) is 4.30. The van der Waals surface area contributed by atoms with Crippen molar-refractivity contribution in [1.82, 2.24) is 25.3 Å². The van der Waals surface area contributed by atoms with E-state index < -0.39 is 47.3 Å². The van der Waals surface area contributed by atoms with E-state index in [0.29, 0.717) is 19.3 Å². The summed E-state index contributed by atoms with van der Waals surface area (Å²) in [6.45, 7) is 7.29. The van der Waals surface area contributed by atoms with Crippen LogP contribution in [0.4, 0.5) is 23.8 Å². The summed E-state index contributed by atoms with van der Waals surface area (Å²) in [7, 11) is 0. The maximum absolute atomic E-state index is 13.0. The molecule has 1 aromatic carbocycles. The van der Waals surface area contributed by atoms with Crippen LogP contribution in [0.15, 0.2) is 40.9 Å². The summed E-state index contributed by atoms with van der Waals surface area (Å²) in [5.41, 5.74) is -1.46. The number of aromatic nitrogens is 4. The minimum Gasteiger partial charge on any atom is -0.465 e. The number of aliphatic hydroxyl groups excluding tert-OH is 1. The molecule has 2 amide bonds. The van der Waals surface area contributed by atoms with Crippen LogP contribution in [0.5, 0.6) is 0 Å². The zero-order chi connectivity index (χ0) is 29.7. The van der Waals surface area contributed by atoms with Gasteiger partial charge in [0.2, 0.25) is 11.8 Å². The number of aromatic amines is 1. The molecule has 0 saturated carbocycles. The molecule has 0 aliphatic rings. The molecule has 4 N–H and O–H groups in total. The molecule has 3 atom stereocenters. The summed E-state index contributed by atoms with van der Waals surface area (Å²) in [6, 6.07) is 3.30. The topological polar surface area (TPSA) is 157 Å². The Morgan fingerprint density at radius 3 is 2.33 bits per heavy atom. The molecule has 0 spiro atoms. The number of nitrogens with one attached hydrogen (secondary N) is 2. The minimum atomic E-state index is -4.52. The molecule has 3 aromatic rings. The maximum atomic E-state index is 13.0. The Balaban J connectivity index is 2.03. The Bertz CT molecular complexity index is 1260. The molecule has 0 unspecified atom stereocenters. The van der Waals surface area contributed by atoms with E-state index in [0.717, 1.165) is 17.0 Å². The molecule has 0 saturated heterocycles. The number of nitrogens with zero attached hydrogens (tertiary/aromatic N) is 4. The average molecular weight is 567 g/mol. The quantitative estimate of drug-likeness (QED) is 0.224. The fourth-order valence-corrected chi connectivity index (χ4v) is 4.30. The van der Waals surface area contributed by atoms with Gasteiger partial charge >= 0.3 is 12.3 Å². The highest BCUT2D eigenvalue weighted by atomic mass is 19.4. The lowest BCUT2D eigenvalue weighted by Gasteiger charge is -2.43. The fraction of sp³-hybridized carbons (Fsp3) is 0.500. The number of alkyl halides is 3. The van der Waals surface area contributed by atoms with E-state index in [1.54, 1.807) is 13.8 Å². The second-order valence-electron chi connectivity index (χ2n) is 10.1. The number of hydrogen-bond acceptors (Lipinski definition) is 7. The van der Waals surface area contributed by atoms with Gasteiger partial charge < -0.3 is 19.9 Å². The Hall–Kier alpha value is -3.94. The highest BCUT2D eigenvalue weighted by Crippen LogP contribution is 2.43. The smallest absolute Gasteiger partial charge is 0.416 e. The van der Waals surface area contributed by atoms with E-state index in [1.165, 1.54) is 24.4 Å². The summed E-state index contributed by atoms with van der Waals surface area (Å²) >= 11 is 0. The molecule has 11 nitrogen and oxygen atoms in total. The Morgan fingerprint density at radius 2 is 1.80 bits per heavy atom. The van der Waals surface area contributed by atoms with Crippen molar-refractivity contribution < 1.29 is 37.4 Å². The third-order valence-corrected chi connectivity index (χ3v) is 6.89. The standard InChI is InChI=1S/C26H33F3N6O5/c1-5-7-8-17(19(36)21(37)31-18-13-14-30-32-18)35(24(38)39)20(25(3,4)6-2)23-34-33-22(40-23)15-9-11-16(12-10-15)26(27,28)29/h9-14,17,19-20,36H,5-8H2,1-4H3,(H,38,39)(H2,30,31,32,37)/t17-,19+,20-/m0/s1. The first kappa shape index (κ1) is 30.6. The predicted octanol–water partition coefficient (Wildman–Crippen LogP) is 5.49. The van der Waals surface area contributed by atoms with Gasteiger partial charge in [-0.1, -0.05) is 40.5 Å². The van der Waals surface area contributed by atoms with E-state index in [2.05, 4.69) is 25.7 Å². The van der Waals surface area contributed by atoms with E-state index in [-0.39, 0.29) is 29.6 Å². The zero-order valence-corrected chi connectivity index (χ0v) is 22.6. The van der Waals surface area contributed by atoms with Crippen LogP contribution in [0.2, 0.25) is 0 Å². The van der Waals surface area contributed by atoms with Gasteiger partial charge in [0, 0.05) is 11.6 Å². The number of H-pyrrole nitrogens is 1. The number of halogens is 3. The van der Waals surface area contributed by atoms with Gasteiger partial charge in [-0.3, -0.25) is 14.8 Å². The minimum absolute atomic E-state index is 0.103. The number of benzene rings is 1. The number of hydrogen-bond donors (Lipinski definition) is 4. The van der Waals surface area contributed by atoms with Gasteiger partial charge in [0.05, 0.1) is 17.8 Å². The predicted molar refractivity (Wildman–Crippen MR) is 138 cm³/mol. The molecule has 0 fully saturated rings. The zero-order valence-electron chi connectivity index (χ0n) is 22.6. The molecule has 14 heteroatoms. The van der Waals surface area contributed by atoms with E-state index in [4.69, 9.17) is 4.42 Å². The molecule has 40 heavy (non-hydrogen) atoms. The van der Waals surface area contributed by atoms with Gasteiger partial charge in [0.1, 0.15) is 11.9 Å². The maximum Gasteiger partial charge on any atom is 0.416 e. The molecule has 2 aromatic heterocycles. The van der Waals surface area contributed by atoms with Gasteiger partial charge in [-0.05, 0) is 42.5 Å². The molecular formula is C26H33F3N6O5. The Morgan fingerprint density at radius 1 is 1.12 bits per heavy atom. The van der Waals surface area contributed by atoms with Crippen LogP contribution in [0.25, 0.3) is 11.5 Å². The van der Waals surface area contributed by atoms with Crippen molar-refractivity contribution in [2.24, 2.45) is 5.41 Å². The van der Waals surface area contributed by atoms with Gasteiger partial charge in [0.15, 0.2) is 6.10 Å². The second-order valence-corrected chi connectivity index (χ2v) is 10.1. The van der Waals surface area contributed by atoms with Crippen molar-refractivity contribution in [3.05, 3.63) is 48.0 Å². The number of aliphatic hydroxyl groups is 1. The summed E-state index contributed by atoms with van der Waals surface area (Å²) in [5, 5.41) is 38.4. The van der Waals surface area contributed by atoms with Crippen molar-refractivity contribution in [3.8, 4) is 11.5 Å². The number of carboxylic acid groups (broad SMARTS) is 1. The van der Waals surface area contributed by atoms with Gasteiger partial charge in [0.25, 0.3) is 5.91 Å². The van der Waals surface area contributed by atoms with E-state index in [9.17, 15) is 33.0 Å². The van der Waals surface area contributed by atoms with E-state index >= 15 is 0 Å². The van der Waals surface area contributed by atoms with Crippen LogP contribution >= 0.6 is 0 Å². The first-order valence-corrected chi connectivity index (χ1v) is 12.8. The van der Waals surface area contributed by atoms with Crippen molar-refractivity contribution in [2.45, 2.75) is 77.7 Å². The van der Waals surface area contributed by atoms with Crippen molar-refractivity contribution in [3.63, 3.8) is 0 Å². The number of anilines is 1. The summed E-state index contributed by atoms with van der Waals surface area (Å²) in [5.74, 6) is -0.829. The molecule has 3 rings (SSSR count). The van der Waals surface area contributed by atoms with Crippen molar-refractivity contribution in [1.29, 1.82) is 0 Å². The lowest BCUT2D eigenvalue weighted by Crippen LogP contribution is -2.55. The van der Waals surface area contributed by atoms with Crippen LogP contribution in [-0.2, 0) is 11.0 Å². The van der Waals surface area contributed by atoms with Crippen molar-refractivity contribution in [2.75, 3.05) is 5.32 Å². The number of carbonyl (C=O) groups excluding carboxylic acids is 1. The number of carbonyl (C=O) groups is 2. The van der Waals surface area contributed by atoms with Crippen molar-refractivity contribution >= 4 is 17.8 Å². The molecular weight excluding hydrogens is 533 g/mol. The normalized spacial score (nSPS) is 14.4. The summed E-state index contributed by atoms with van der Waals surface area (Å²) in [6.07, 6.45) is -4.54. The molecule has 0 aliphatic carbocycles. The molecule has 2 heterocycles. The highest BCUT2D eigenvalue weighted by molar-refractivity contribution is 5.94. The second kappa shape index (κ2) is 12.5. The summed E-state index contributed by atoms with van der Waals surface area (Å²) < 4.78 is 44.8. The lowest BCUT2D eigenvalue weighted by molar-refractivity contribution is -0.137. The lowest BCUT2D eigenvalue weighted by atomic mass is 9.79. The first-order valence-electron chi connectivity index (χ1n) is 12.8. The Labute approximate surface area is 228 Å². The van der Waals surface area contributed by atoms with E-state index in [1.807, 2.05) is 13.8 Å². The number of rotatable bonds is 12. The highest BCUT2D eigenvalue weighted by Gasteiger charge is 2.46. The van der Waals surface area contributed by atoms with Crippen LogP contribution in [0.3, 0.4) is 0 Å². The van der Waals surface area contributed by atoms with Gasteiger partial charge in [-0.2, -0.15) is 18.3 Å². The van der Waals surface area contributed by atoms with Crippen LogP contribution in [0, 0.1) is 5.41 Å². The largest absolute Gasteiger partial charge is 0.465 e. The SMILES string of the molecule is CCCC[C@@H]([C@@H](O)C(=O)Nc1ccn[nH]1)N(C(=O)O)[C@@H](c1nnc(-c2ccc(C(F)(F)F)cc2)o1)C(C)(C)CC. The molecule has 218 valence electrons. The molecule has 0 bridgehead atoms. The van der Waals surface area contributed by atoms with Gasteiger partial charge in [-0.15, -0.1) is 10.2 Å². The summed E-state index contributed by atoms with van der Waals surface area (Å²) in [4.78, 5) is 26.7. The van der Waals surface area contributed by atoms with Crippen LogP contribution < -0.4 is 5.32 Å².